The van der Waals surface area contributed by atoms with Crippen molar-refractivity contribution in [2.45, 2.75) is 19.0 Å². The van der Waals surface area contributed by atoms with E-state index in [2.05, 4.69) is 10.7 Å². The summed E-state index contributed by atoms with van der Waals surface area (Å²) in [5.74, 6) is -0.652. The Morgan fingerprint density at radius 1 is 0.968 bits per heavy atom. The number of hydrazine groups is 1. The van der Waals surface area contributed by atoms with Gasteiger partial charge in [-0.1, -0.05) is 53.5 Å². The maximum absolute atomic E-state index is 12.9. The van der Waals surface area contributed by atoms with E-state index in [1.807, 2.05) is 49.5 Å². The molecule has 1 aliphatic rings. The van der Waals surface area contributed by atoms with Crippen molar-refractivity contribution in [3.05, 3.63) is 105 Å². The van der Waals surface area contributed by atoms with E-state index in [0.29, 0.717) is 15.6 Å². The lowest BCUT2D eigenvalue weighted by Crippen LogP contribution is -2.42. The summed E-state index contributed by atoms with van der Waals surface area (Å²) in [6, 6.07) is 20.4. The smallest absolute Gasteiger partial charge is 0.304 e. The molecule has 7 heteroatoms. The van der Waals surface area contributed by atoms with Gasteiger partial charge in [0, 0.05) is 26.7 Å². The molecule has 1 aliphatic heterocycles. The second kappa shape index (κ2) is 8.92. The molecule has 3 aromatic carbocycles. The van der Waals surface area contributed by atoms with Crippen molar-refractivity contribution in [3.63, 3.8) is 0 Å². The molecule has 0 spiro atoms. The molecule has 0 saturated carbocycles. The van der Waals surface area contributed by atoms with Gasteiger partial charge in [0.1, 0.15) is 0 Å². The fraction of sp³-hybridized carbons (Fsp3) is 0.125. The zero-order valence-electron chi connectivity index (χ0n) is 16.7. The third kappa shape index (κ3) is 4.63. The van der Waals surface area contributed by atoms with Crippen LogP contribution in [0.4, 0.5) is 0 Å². The highest BCUT2D eigenvalue weighted by Crippen LogP contribution is 2.27. The van der Waals surface area contributed by atoms with Crippen molar-refractivity contribution in [3.8, 4) is 0 Å². The zero-order chi connectivity index (χ0) is 22.0. The summed E-state index contributed by atoms with van der Waals surface area (Å²) in [6.45, 7) is 2.00. The number of aryl methyl sites for hydroxylation is 1. The highest BCUT2D eigenvalue weighted by Gasteiger charge is 2.47. The Hall–Kier alpha value is -3.15. The minimum Gasteiger partial charge on any atom is -0.334 e. The molecule has 0 aliphatic carbocycles. The Bertz CT molecular complexity index is 1160. The average molecular weight is 453 g/mol. The van der Waals surface area contributed by atoms with Gasteiger partial charge in [-0.15, -0.1) is 10.1 Å². The van der Waals surface area contributed by atoms with Crippen LogP contribution in [0.15, 0.2) is 72.8 Å². The lowest BCUT2D eigenvalue weighted by molar-refractivity contribution is -0.596. The number of carbonyl (C=O) groups is 2. The first-order valence-corrected chi connectivity index (χ1v) is 10.5. The molecule has 3 aromatic rings. The minimum absolute atomic E-state index is 0.299. The third-order valence-corrected chi connectivity index (χ3v) is 5.71. The first-order valence-electron chi connectivity index (χ1n) is 9.73. The lowest BCUT2D eigenvalue weighted by Gasteiger charge is -2.15. The van der Waals surface area contributed by atoms with E-state index in [9.17, 15) is 9.59 Å². The highest BCUT2D eigenvalue weighted by molar-refractivity contribution is 6.30. The molecule has 5 nitrogen and oxygen atoms in total. The van der Waals surface area contributed by atoms with E-state index in [1.54, 1.807) is 41.1 Å². The second-order valence-electron chi connectivity index (χ2n) is 7.32. The molecule has 0 bridgehead atoms. The van der Waals surface area contributed by atoms with E-state index in [1.165, 1.54) is 0 Å². The normalized spacial score (nSPS) is 19.3. The third-order valence-electron chi connectivity index (χ3n) is 5.21. The molecule has 1 heterocycles. The van der Waals surface area contributed by atoms with Gasteiger partial charge in [-0.05, 0) is 55.0 Å². The fourth-order valence-corrected chi connectivity index (χ4v) is 3.80. The van der Waals surface area contributed by atoms with E-state index in [0.717, 1.165) is 16.7 Å². The number of hydrogen-bond acceptors (Lipinski definition) is 2. The molecule has 1 fully saturated rings. The van der Waals surface area contributed by atoms with E-state index < -0.39 is 12.1 Å². The molecule has 2 N–H and O–H groups in total. The summed E-state index contributed by atoms with van der Waals surface area (Å²) >= 11 is 12.0. The van der Waals surface area contributed by atoms with Crippen LogP contribution in [0.25, 0.3) is 0 Å². The number of hydrogen-bond donors (Lipinski definition) is 2. The highest BCUT2D eigenvalue weighted by atomic mass is 35.5. The van der Waals surface area contributed by atoms with Gasteiger partial charge >= 0.3 is 5.91 Å². The van der Waals surface area contributed by atoms with Crippen LogP contribution in [-0.4, -0.2) is 28.8 Å². The summed E-state index contributed by atoms with van der Waals surface area (Å²) in [5, 5.41) is 4.00. The predicted molar refractivity (Wildman–Crippen MR) is 122 cm³/mol. The van der Waals surface area contributed by atoms with Gasteiger partial charge in [-0.25, -0.2) is 0 Å². The second-order valence-corrected chi connectivity index (χ2v) is 8.20. The molecule has 0 unspecified atom stereocenters. The van der Waals surface area contributed by atoms with Crippen molar-refractivity contribution in [2.75, 3.05) is 0 Å². The van der Waals surface area contributed by atoms with E-state index in [-0.39, 0.29) is 11.8 Å². The van der Waals surface area contributed by atoms with Crippen LogP contribution in [0.1, 0.15) is 33.1 Å². The molecule has 1 saturated heterocycles. The quantitative estimate of drug-likeness (QED) is 0.579. The zero-order valence-corrected chi connectivity index (χ0v) is 18.2. The van der Waals surface area contributed by atoms with Gasteiger partial charge < -0.3 is 5.32 Å². The molecular weight excluding hydrogens is 433 g/mol. The van der Waals surface area contributed by atoms with Crippen molar-refractivity contribution in [1.82, 2.24) is 10.7 Å². The van der Waals surface area contributed by atoms with Gasteiger partial charge in [0.05, 0.1) is 0 Å². The van der Waals surface area contributed by atoms with Crippen LogP contribution < -0.4 is 10.7 Å². The summed E-state index contributed by atoms with van der Waals surface area (Å²) in [6.07, 6.45) is 1.88. The molecule has 2 atom stereocenters. The van der Waals surface area contributed by atoms with Crippen LogP contribution in [-0.2, 0) is 4.79 Å². The summed E-state index contributed by atoms with van der Waals surface area (Å²) in [7, 11) is 0. The van der Waals surface area contributed by atoms with Crippen molar-refractivity contribution in [1.29, 1.82) is 0 Å². The Kier molecular flexibility index (Phi) is 6.07. The maximum Gasteiger partial charge on any atom is 0.304 e. The van der Waals surface area contributed by atoms with Crippen molar-refractivity contribution >= 4 is 41.2 Å². The van der Waals surface area contributed by atoms with Gasteiger partial charge in [0.15, 0.2) is 6.04 Å². The number of nitrogens with one attached hydrogen (secondary N) is 2. The standard InChI is InChI=1S/C24H19Cl2N3O2/c1-15-4-2-3-5-18(15)14-29-22(16-6-10-19(25)11-7-16)21(24(31)28-29)27-23(30)17-8-12-20(26)13-9-17/h2-14,21-22H,1H3,(H-,27,28,30,31)/p+1/b29-14-/t21-,22+/m1/s1. The first kappa shape index (κ1) is 21.1. The summed E-state index contributed by atoms with van der Waals surface area (Å²) < 4.78 is 1.74. The average Bonchev–Trinajstić information content (AvgIpc) is 3.05. The molecule has 0 radical (unpaired) electrons. The Labute approximate surface area is 190 Å². The van der Waals surface area contributed by atoms with Crippen LogP contribution in [0.2, 0.25) is 10.0 Å². The maximum atomic E-state index is 12.9. The van der Waals surface area contributed by atoms with Crippen molar-refractivity contribution in [2.24, 2.45) is 0 Å². The van der Waals surface area contributed by atoms with Crippen LogP contribution >= 0.6 is 23.2 Å². The topological polar surface area (TPSA) is 61.2 Å². The monoisotopic (exact) mass is 452 g/mol. The number of carbonyl (C=O) groups excluding carboxylic acids is 2. The van der Waals surface area contributed by atoms with Gasteiger partial charge in [-0.3, -0.25) is 9.59 Å². The largest absolute Gasteiger partial charge is 0.334 e. The number of hydrazone groups is 1. The van der Waals surface area contributed by atoms with Crippen LogP contribution in [0.5, 0.6) is 0 Å². The molecular formula is C24H20Cl2N3O2+. The van der Waals surface area contributed by atoms with Gasteiger partial charge in [0.2, 0.25) is 12.3 Å². The van der Waals surface area contributed by atoms with E-state index >= 15 is 0 Å². The minimum atomic E-state index is -0.801. The predicted octanol–water partition coefficient (Wildman–Crippen LogP) is 4.32. The number of benzene rings is 3. The Morgan fingerprint density at radius 3 is 2.23 bits per heavy atom. The fourth-order valence-electron chi connectivity index (χ4n) is 3.55. The molecule has 2 amide bonds. The molecule has 31 heavy (non-hydrogen) atoms. The Morgan fingerprint density at radius 2 is 1.58 bits per heavy atom. The molecule has 0 aromatic heterocycles. The molecule has 4 rings (SSSR count). The van der Waals surface area contributed by atoms with E-state index in [4.69, 9.17) is 23.2 Å². The van der Waals surface area contributed by atoms with Crippen LogP contribution in [0.3, 0.4) is 0 Å². The number of nitrogens with zero attached hydrogens (tertiary/aromatic N) is 1. The van der Waals surface area contributed by atoms with Gasteiger partial charge in [-0.2, -0.15) is 0 Å². The number of amides is 2. The van der Waals surface area contributed by atoms with Crippen LogP contribution in [0, 0.1) is 6.92 Å². The summed E-state index contributed by atoms with van der Waals surface area (Å²) in [5.41, 5.74) is 6.18. The lowest BCUT2D eigenvalue weighted by atomic mass is 9.99. The SMILES string of the molecule is Cc1ccccc1/C=[N+]1\NC(=O)[C@H](NC(=O)c2ccc(Cl)cc2)[C@@H]1c1ccc(Cl)cc1. The molecule has 156 valence electrons. The Balaban J connectivity index is 1.71. The number of rotatable bonds is 4. The summed E-state index contributed by atoms with van der Waals surface area (Å²) in [4.78, 5) is 25.7. The first-order chi connectivity index (χ1) is 14.9. The number of halogens is 2. The van der Waals surface area contributed by atoms with Gasteiger partial charge in [0.25, 0.3) is 5.91 Å². The van der Waals surface area contributed by atoms with Crippen molar-refractivity contribution < 1.29 is 14.3 Å².